The summed E-state index contributed by atoms with van der Waals surface area (Å²) in [6.07, 6.45) is 3.76. The number of carbonyl (C=O) groups excluding carboxylic acids is 1. The van der Waals surface area contributed by atoms with Gasteiger partial charge in [-0.1, -0.05) is 12.2 Å². The Morgan fingerprint density at radius 1 is 1.56 bits per heavy atom. The summed E-state index contributed by atoms with van der Waals surface area (Å²) in [5, 5.41) is 4.21. The largest absolute Gasteiger partial charge is 0.461 e. The van der Waals surface area contributed by atoms with E-state index in [9.17, 15) is 4.79 Å². The maximum atomic E-state index is 11.7. The van der Waals surface area contributed by atoms with E-state index < -0.39 is 0 Å². The smallest absolute Gasteiger partial charge is 0.359 e. The van der Waals surface area contributed by atoms with Crippen LogP contribution < -0.4 is 0 Å². The molecule has 0 radical (unpaired) electrons. The van der Waals surface area contributed by atoms with Crippen LogP contribution in [0.1, 0.15) is 40.9 Å². The van der Waals surface area contributed by atoms with Crippen LogP contribution in [0.4, 0.5) is 0 Å². The Morgan fingerprint density at radius 2 is 2.31 bits per heavy atom. The highest BCUT2D eigenvalue weighted by Gasteiger charge is 2.41. The first-order valence-electron chi connectivity index (χ1n) is 5.30. The van der Waals surface area contributed by atoms with Crippen molar-refractivity contribution in [3.8, 4) is 0 Å². The zero-order chi connectivity index (χ0) is 11.3. The van der Waals surface area contributed by atoms with Gasteiger partial charge in [0, 0.05) is 12.6 Å². The molecule has 0 aromatic carbocycles. The molecule has 16 heavy (non-hydrogen) atoms. The molecule has 0 saturated carbocycles. The van der Waals surface area contributed by atoms with E-state index in [0.29, 0.717) is 12.3 Å². The van der Waals surface area contributed by atoms with Crippen LogP contribution >= 0.6 is 0 Å². The standard InChI is InChI=1S/C11H12N2O3/c1-3-15-11(14)9-8-6-4-5-7(16-6)10(8)13(2)12-9/h4-7H,3H2,1-2H3. The van der Waals surface area contributed by atoms with Gasteiger partial charge >= 0.3 is 5.97 Å². The van der Waals surface area contributed by atoms with Crippen molar-refractivity contribution in [3.63, 3.8) is 0 Å². The fraction of sp³-hybridized carbons (Fsp3) is 0.455. The van der Waals surface area contributed by atoms with E-state index in [1.165, 1.54) is 0 Å². The van der Waals surface area contributed by atoms with Crippen molar-refractivity contribution in [3.05, 3.63) is 29.1 Å². The van der Waals surface area contributed by atoms with Gasteiger partial charge in [-0.2, -0.15) is 5.10 Å². The number of fused-ring (bicyclic) bond motifs is 5. The molecule has 0 saturated heterocycles. The highest BCUT2D eigenvalue weighted by atomic mass is 16.5. The molecule has 5 nitrogen and oxygen atoms in total. The van der Waals surface area contributed by atoms with E-state index in [1.807, 2.05) is 19.2 Å². The maximum absolute atomic E-state index is 11.7. The molecule has 2 atom stereocenters. The van der Waals surface area contributed by atoms with Crippen LogP contribution in [0.3, 0.4) is 0 Å². The first-order chi connectivity index (χ1) is 7.72. The monoisotopic (exact) mass is 220 g/mol. The molecule has 84 valence electrons. The lowest BCUT2D eigenvalue weighted by Gasteiger charge is -2.03. The molecule has 0 spiro atoms. The number of carbonyl (C=O) groups is 1. The molecule has 0 amide bonds. The molecule has 2 aliphatic rings. The first-order valence-corrected chi connectivity index (χ1v) is 5.30. The minimum absolute atomic E-state index is 0.0549. The van der Waals surface area contributed by atoms with Gasteiger partial charge in [0.25, 0.3) is 0 Å². The van der Waals surface area contributed by atoms with Gasteiger partial charge in [-0.25, -0.2) is 4.79 Å². The normalized spacial score (nSPS) is 24.9. The highest BCUT2D eigenvalue weighted by molar-refractivity contribution is 5.90. The lowest BCUT2D eigenvalue weighted by molar-refractivity contribution is 0.0502. The molecule has 2 aliphatic heterocycles. The first kappa shape index (κ1) is 9.59. The number of aromatic nitrogens is 2. The van der Waals surface area contributed by atoms with E-state index in [-0.39, 0.29) is 18.2 Å². The predicted octanol–water partition coefficient (Wildman–Crippen LogP) is 1.28. The Morgan fingerprint density at radius 3 is 3.06 bits per heavy atom. The van der Waals surface area contributed by atoms with Crippen molar-refractivity contribution >= 4 is 5.97 Å². The molecule has 1 aromatic heterocycles. The minimum atomic E-state index is -0.371. The van der Waals surface area contributed by atoms with Crippen molar-refractivity contribution in [2.24, 2.45) is 7.05 Å². The number of esters is 1. The van der Waals surface area contributed by atoms with Gasteiger partial charge in [0.2, 0.25) is 0 Å². The zero-order valence-corrected chi connectivity index (χ0v) is 9.14. The van der Waals surface area contributed by atoms with Crippen LogP contribution in [0.2, 0.25) is 0 Å². The summed E-state index contributed by atoms with van der Waals surface area (Å²) in [5.74, 6) is -0.371. The molecular weight excluding hydrogens is 208 g/mol. The van der Waals surface area contributed by atoms with Crippen molar-refractivity contribution in [1.82, 2.24) is 9.78 Å². The average Bonchev–Trinajstić information content (AvgIpc) is 2.90. The van der Waals surface area contributed by atoms with Crippen LogP contribution in [0, 0.1) is 0 Å². The van der Waals surface area contributed by atoms with E-state index >= 15 is 0 Å². The summed E-state index contributed by atoms with van der Waals surface area (Å²) in [6.45, 7) is 2.14. The molecule has 3 rings (SSSR count). The average molecular weight is 220 g/mol. The number of hydrogen-bond donors (Lipinski definition) is 0. The van der Waals surface area contributed by atoms with E-state index in [0.717, 1.165) is 11.3 Å². The summed E-state index contributed by atoms with van der Waals surface area (Å²) in [7, 11) is 1.82. The molecule has 1 aromatic rings. The molecule has 0 aliphatic carbocycles. The number of hydrogen-bond acceptors (Lipinski definition) is 4. The van der Waals surface area contributed by atoms with Crippen LogP contribution in [-0.4, -0.2) is 22.4 Å². The Labute approximate surface area is 92.6 Å². The predicted molar refractivity (Wildman–Crippen MR) is 54.9 cm³/mol. The second-order valence-electron chi connectivity index (χ2n) is 3.85. The van der Waals surface area contributed by atoms with Crippen LogP contribution in [-0.2, 0) is 16.5 Å². The Kier molecular flexibility index (Phi) is 1.91. The molecule has 2 unspecified atom stereocenters. The van der Waals surface area contributed by atoms with Crippen molar-refractivity contribution in [2.75, 3.05) is 6.61 Å². The molecule has 5 heteroatoms. The second kappa shape index (κ2) is 3.18. The van der Waals surface area contributed by atoms with E-state index in [4.69, 9.17) is 9.47 Å². The fourth-order valence-electron chi connectivity index (χ4n) is 2.29. The third-order valence-electron chi connectivity index (χ3n) is 2.91. The van der Waals surface area contributed by atoms with Gasteiger partial charge in [-0.05, 0) is 6.92 Å². The maximum Gasteiger partial charge on any atom is 0.359 e. The lowest BCUT2D eigenvalue weighted by Crippen LogP contribution is -2.09. The van der Waals surface area contributed by atoms with Gasteiger partial charge < -0.3 is 9.47 Å². The summed E-state index contributed by atoms with van der Waals surface area (Å²) in [6, 6.07) is 0. The van der Waals surface area contributed by atoms with Gasteiger partial charge in [0.15, 0.2) is 5.69 Å². The lowest BCUT2D eigenvalue weighted by atomic mass is 10.0. The second-order valence-corrected chi connectivity index (χ2v) is 3.85. The highest BCUT2D eigenvalue weighted by Crippen LogP contribution is 2.46. The topological polar surface area (TPSA) is 53.3 Å². The molecule has 3 heterocycles. The Balaban J connectivity index is 2.07. The Hall–Kier alpha value is -1.62. The number of aryl methyl sites for hydroxylation is 1. The zero-order valence-electron chi connectivity index (χ0n) is 9.14. The Bertz CT molecular complexity index is 490. The summed E-state index contributed by atoms with van der Waals surface area (Å²) in [5.41, 5.74) is 2.22. The van der Waals surface area contributed by atoms with Crippen molar-refractivity contribution in [1.29, 1.82) is 0 Å². The summed E-state index contributed by atoms with van der Waals surface area (Å²) >= 11 is 0. The van der Waals surface area contributed by atoms with Gasteiger partial charge in [-0.15, -0.1) is 0 Å². The minimum Gasteiger partial charge on any atom is -0.461 e. The molecule has 2 bridgehead atoms. The van der Waals surface area contributed by atoms with E-state index in [1.54, 1.807) is 11.6 Å². The van der Waals surface area contributed by atoms with E-state index in [2.05, 4.69) is 5.10 Å². The quantitative estimate of drug-likeness (QED) is 0.556. The molecule has 0 N–H and O–H groups in total. The van der Waals surface area contributed by atoms with Gasteiger partial charge in [-0.3, -0.25) is 4.68 Å². The van der Waals surface area contributed by atoms with Gasteiger partial charge in [0.05, 0.1) is 12.3 Å². The number of nitrogens with zero attached hydrogens (tertiary/aromatic N) is 2. The summed E-state index contributed by atoms with van der Waals surface area (Å²) in [4.78, 5) is 11.7. The molecule has 0 fully saturated rings. The number of rotatable bonds is 2. The molecular formula is C11H12N2O3. The fourth-order valence-corrected chi connectivity index (χ4v) is 2.29. The third-order valence-corrected chi connectivity index (χ3v) is 2.91. The van der Waals surface area contributed by atoms with Crippen LogP contribution in [0.25, 0.3) is 0 Å². The SMILES string of the molecule is CCOC(=O)c1nn(C)c2c1C1C=CC2O1. The van der Waals surface area contributed by atoms with Crippen molar-refractivity contribution in [2.45, 2.75) is 19.1 Å². The van der Waals surface area contributed by atoms with Crippen molar-refractivity contribution < 1.29 is 14.3 Å². The van der Waals surface area contributed by atoms with Gasteiger partial charge in [0.1, 0.15) is 12.2 Å². The number of ether oxygens (including phenoxy) is 2. The summed E-state index contributed by atoms with van der Waals surface area (Å²) < 4.78 is 12.3. The van der Waals surface area contributed by atoms with Crippen LogP contribution in [0.15, 0.2) is 12.2 Å². The third kappa shape index (κ3) is 1.09. The van der Waals surface area contributed by atoms with Crippen LogP contribution in [0.5, 0.6) is 0 Å².